The van der Waals surface area contributed by atoms with Crippen LogP contribution in [0, 0.1) is 11.3 Å². The summed E-state index contributed by atoms with van der Waals surface area (Å²) in [6, 6.07) is 9.29. The van der Waals surface area contributed by atoms with Gasteiger partial charge in [0.05, 0.1) is 25.7 Å². The van der Waals surface area contributed by atoms with Crippen LogP contribution in [0.15, 0.2) is 24.3 Å². The van der Waals surface area contributed by atoms with Crippen LogP contribution < -0.4 is 5.32 Å². The van der Waals surface area contributed by atoms with Gasteiger partial charge in [-0.25, -0.2) is 4.79 Å². The second-order valence-electron chi connectivity index (χ2n) is 4.06. The van der Waals surface area contributed by atoms with Gasteiger partial charge in [0.1, 0.15) is 0 Å². The zero-order chi connectivity index (χ0) is 12.8. The Labute approximate surface area is 106 Å². The van der Waals surface area contributed by atoms with Crippen molar-refractivity contribution in [3.63, 3.8) is 0 Å². The molecular formula is C13H15N3O2. The molecule has 2 rings (SSSR count). The maximum Gasteiger partial charge on any atom is 0.321 e. The summed E-state index contributed by atoms with van der Waals surface area (Å²) in [6.07, 6.45) is 0.387. The van der Waals surface area contributed by atoms with Gasteiger partial charge in [-0.15, -0.1) is 0 Å². The second kappa shape index (κ2) is 6.03. The van der Waals surface area contributed by atoms with E-state index in [0.29, 0.717) is 32.7 Å². The van der Waals surface area contributed by atoms with Gasteiger partial charge in [0, 0.05) is 18.8 Å². The molecule has 0 atom stereocenters. The van der Waals surface area contributed by atoms with Crippen LogP contribution in [0.2, 0.25) is 0 Å². The van der Waals surface area contributed by atoms with Crippen molar-refractivity contribution < 1.29 is 9.53 Å². The Morgan fingerprint density at radius 3 is 2.61 bits per heavy atom. The van der Waals surface area contributed by atoms with E-state index in [1.807, 2.05) is 24.3 Å². The number of urea groups is 1. The monoisotopic (exact) mass is 245 g/mol. The molecule has 2 amide bonds. The smallest absolute Gasteiger partial charge is 0.321 e. The Balaban J connectivity index is 1.92. The first-order valence-corrected chi connectivity index (χ1v) is 5.89. The second-order valence-corrected chi connectivity index (χ2v) is 4.06. The van der Waals surface area contributed by atoms with E-state index in [9.17, 15) is 4.79 Å². The first-order valence-electron chi connectivity index (χ1n) is 5.89. The zero-order valence-electron chi connectivity index (χ0n) is 10.1. The van der Waals surface area contributed by atoms with E-state index in [1.165, 1.54) is 0 Å². The van der Waals surface area contributed by atoms with E-state index in [2.05, 4.69) is 11.4 Å². The lowest BCUT2D eigenvalue weighted by molar-refractivity contribution is 0.0564. The van der Waals surface area contributed by atoms with Crippen molar-refractivity contribution >= 4 is 11.7 Å². The largest absolute Gasteiger partial charge is 0.378 e. The minimum Gasteiger partial charge on any atom is -0.378 e. The highest BCUT2D eigenvalue weighted by atomic mass is 16.5. The summed E-state index contributed by atoms with van der Waals surface area (Å²) in [5.41, 5.74) is 1.69. The molecule has 94 valence electrons. The number of amides is 2. The molecule has 1 N–H and O–H groups in total. The van der Waals surface area contributed by atoms with Gasteiger partial charge < -0.3 is 15.0 Å². The summed E-state index contributed by atoms with van der Waals surface area (Å²) in [5.74, 6) is 0. The predicted molar refractivity (Wildman–Crippen MR) is 67.2 cm³/mol. The third-order valence-electron chi connectivity index (χ3n) is 2.79. The Kier molecular flexibility index (Phi) is 4.15. The van der Waals surface area contributed by atoms with E-state index in [-0.39, 0.29) is 6.03 Å². The number of carbonyl (C=O) groups excluding carboxylic acids is 1. The van der Waals surface area contributed by atoms with Gasteiger partial charge in [-0.2, -0.15) is 5.26 Å². The maximum atomic E-state index is 11.9. The normalized spacial score (nSPS) is 14.9. The van der Waals surface area contributed by atoms with E-state index in [1.54, 1.807) is 4.90 Å². The molecular weight excluding hydrogens is 230 g/mol. The van der Waals surface area contributed by atoms with Crippen LogP contribution in [-0.2, 0) is 11.2 Å². The van der Waals surface area contributed by atoms with Crippen LogP contribution in [0.1, 0.15) is 5.56 Å². The lowest BCUT2D eigenvalue weighted by Crippen LogP contribution is -2.43. The van der Waals surface area contributed by atoms with Crippen LogP contribution in [-0.4, -0.2) is 37.2 Å². The molecule has 0 saturated carbocycles. The summed E-state index contributed by atoms with van der Waals surface area (Å²) in [4.78, 5) is 13.6. The van der Waals surface area contributed by atoms with Gasteiger partial charge in [-0.05, 0) is 17.7 Å². The van der Waals surface area contributed by atoms with Crippen LogP contribution in [0.3, 0.4) is 0 Å². The number of nitrogens with one attached hydrogen (secondary N) is 1. The van der Waals surface area contributed by atoms with Crippen molar-refractivity contribution in [3.8, 4) is 6.07 Å². The Hall–Kier alpha value is -2.06. The highest BCUT2D eigenvalue weighted by molar-refractivity contribution is 5.89. The number of nitriles is 1. The van der Waals surface area contributed by atoms with Crippen LogP contribution >= 0.6 is 0 Å². The summed E-state index contributed by atoms with van der Waals surface area (Å²) < 4.78 is 5.19. The average Bonchev–Trinajstić information content (AvgIpc) is 2.42. The molecule has 0 aromatic heterocycles. The maximum absolute atomic E-state index is 11.9. The van der Waals surface area contributed by atoms with E-state index >= 15 is 0 Å². The summed E-state index contributed by atoms with van der Waals surface area (Å²) >= 11 is 0. The number of anilines is 1. The number of rotatable bonds is 2. The topological polar surface area (TPSA) is 65.4 Å². The Bertz CT molecular complexity index is 444. The number of ether oxygens (including phenoxy) is 1. The van der Waals surface area contributed by atoms with Gasteiger partial charge in [-0.1, -0.05) is 12.1 Å². The minimum absolute atomic E-state index is 0.105. The third-order valence-corrected chi connectivity index (χ3v) is 2.79. The van der Waals surface area contributed by atoms with Crippen molar-refractivity contribution in [1.82, 2.24) is 4.90 Å². The Morgan fingerprint density at radius 2 is 2.00 bits per heavy atom. The van der Waals surface area contributed by atoms with E-state index in [0.717, 1.165) is 11.3 Å². The fourth-order valence-electron chi connectivity index (χ4n) is 1.77. The molecule has 0 bridgehead atoms. The zero-order valence-corrected chi connectivity index (χ0v) is 10.1. The SMILES string of the molecule is N#CCc1ccc(NC(=O)N2CCOCC2)cc1. The fraction of sp³-hybridized carbons (Fsp3) is 0.385. The molecule has 5 nitrogen and oxygen atoms in total. The fourth-order valence-corrected chi connectivity index (χ4v) is 1.77. The molecule has 0 radical (unpaired) electrons. The lowest BCUT2D eigenvalue weighted by atomic mass is 10.1. The molecule has 1 heterocycles. The van der Waals surface area contributed by atoms with E-state index < -0.39 is 0 Å². The number of hydrogen-bond acceptors (Lipinski definition) is 3. The summed E-state index contributed by atoms with van der Waals surface area (Å²) in [7, 11) is 0. The summed E-state index contributed by atoms with van der Waals surface area (Å²) in [6.45, 7) is 2.43. The molecule has 0 unspecified atom stereocenters. The van der Waals surface area contributed by atoms with Gasteiger partial charge in [-0.3, -0.25) is 0 Å². The first-order chi connectivity index (χ1) is 8.79. The standard InChI is InChI=1S/C13H15N3O2/c14-6-5-11-1-3-12(4-2-11)15-13(17)16-7-9-18-10-8-16/h1-4H,5,7-10H2,(H,15,17). The van der Waals surface area contributed by atoms with Crippen molar-refractivity contribution in [1.29, 1.82) is 5.26 Å². The van der Waals surface area contributed by atoms with Crippen LogP contribution in [0.25, 0.3) is 0 Å². The number of morpholine rings is 1. The molecule has 0 spiro atoms. The molecule has 1 aliphatic heterocycles. The number of hydrogen-bond donors (Lipinski definition) is 1. The molecule has 1 aromatic rings. The quantitative estimate of drug-likeness (QED) is 0.861. The molecule has 18 heavy (non-hydrogen) atoms. The minimum atomic E-state index is -0.105. The molecule has 1 aliphatic rings. The molecule has 1 aromatic carbocycles. The van der Waals surface area contributed by atoms with Gasteiger partial charge in [0.15, 0.2) is 0 Å². The van der Waals surface area contributed by atoms with Gasteiger partial charge in [0.25, 0.3) is 0 Å². The Morgan fingerprint density at radius 1 is 1.33 bits per heavy atom. The van der Waals surface area contributed by atoms with Crippen LogP contribution in [0.5, 0.6) is 0 Å². The number of nitrogens with zero attached hydrogens (tertiary/aromatic N) is 2. The first kappa shape index (κ1) is 12.4. The van der Waals surface area contributed by atoms with Crippen molar-refractivity contribution in [2.24, 2.45) is 0 Å². The molecule has 0 aliphatic carbocycles. The highest BCUT2D eigenvalue weighted by Gasteiger charge is 2.16. The van der Waals surface area contributed by atoms with E-state index in [4.69, 9.17) is 10.00 Å². The molecule has 1 saturated heterocycles. The lowest BCUT2D eigenvalue weighted by Gasteiger charge is -2.26. The predicted octanol–water partition coefficient (Wildman–Crippen LogP) is 1.62. The third kappa shape index (κ3) is 3.22. The van der Waals surface area contributed by atoms with Crippen molar-refractivity contribution in [2.75, 3.05) is 31.6 Å². The average molecular weight is 245 g/mol. The molecule has 1 fully saturated rings. The van der Waals surface area contributed by atoms with Crippen molar-refractivity contribution in [3.05, 3.63) is 29.8 Å². The number of benzene rings is 1. The number of carbonyl (C=O) groups is 1. The van der Waals surface area contributed by atoms with Crippen LogP contribution in [0.4, 0.5) is 10.5 Å². The van der Waals surface area contributed by atoms with Gasteiger partial charge >= 0.3 is 6.03 Å². The van der Waals surface area contributed by atoms with Gasteiger partial charge in [0.2, 0.25) is 0 Å². The molecule has 5 heteroatoms. The highest BCUT2D eigenvalue weighted by Crippen LogP contribution is 2.11. The summed E-state index contributed by atoms with van der Waals surface area (Å²) in [5, 5.41) is 11.4. The van der Waals surface area contributed by atoms with Crippen molar-refractivity contribution in [2.45, 2.75) is 6.42 Å².